The lowest BCUT2D eigenvalue weighted by atomic mass is 10.0. The molecule has 0 aromatic heterocycles. The van der Waals surface area contributed by atoms with Crippen LogP contribution >= 0.6 is 0 Å². The molecule has 0 heterocycles. The first-order valence-electron chi connectivity index (χ1n) is 5.22. The minimum atomic E-state index is -0.849. The largest absolute Gasteiger partial charge is 0.497 e. The second-order valence-electron chi connectivity index (χ2n) is 3.75. The van der Waals surface area contributed by atoms with Crippen molar-refractivity contribution in [2.75, 3.05) is 7.11 Å². The summed E-state index contributed by atoms with van der Waals surface area (Å²) < 4.78 is 5.10. The summed E-state index contributed by atoms with van der Waals surface area (Å²) in [6.45, 7) is 0. The summed E-state index contributed by atoms with van der Waals surface area (Å²) in [4.78, 5) is 10.4. The van der Waals surface area contributed by atoms with E-state index in [2.05, 4.69) is 0 Å². The van der Waals surface area contributed by atoms with Crippen molar-refractivity contribution in [3.05, 3.63) is 29.8 Å². The van der Waals surface area contributed by atoms with E-state index in [1.807, 2.05) is 24.3 Å². The average molecular weight is 223 g/mol. The number of aryl methyl sites for hydroxylation is 1. The Morgan fingerprint density at radius 1 is 1.56 bits per heavy atom. The first-order valence-corrected chi connectivity index (χ1v) is 5.22. The molecule has 1 rings (SSSR count). The average Bonchev–Trinajstić information content (AvgIpc) is 2.26. The van der Waals surface area contributed by atoms with Gasteiger partial charge in [0.05, 0.1) is 13.5 Å². The summed E-state index contributed by atoms with van der Waals surface area (Å²) in [6, 6.07) is 7.42. The highest BCUT2D eigenvalue weighted by atomic mass is 16.5. The van der Waals surface area contributed by atoms with Gasteiger partial charge in [-0.2, -0.15) is 0 Å². The van der Waals surface area contributed by atoms with Gasteiger partial charge in [-0.15, -0.1) is 0 Å². The van der Waals surface area contributed by atoms with Crippen LogP contribution in [0.2, 0.25) is 0 Å². The molecule has 0 aliphatic heterocycles. The zero-order valence-electron chi connectivity index (χ0n) is 9.35. The molecule has 0 spiro atoms. The summed E-state index contributed by atoms with van der Waals surface area (Å²) >= 11 is 0. The Hall–Kier alpha value is -1.55. The van der Waals surface area contributed by atoms with E-state index in [1.54, 1.807) is 7.11 Å². The molecule has 88 valence electrons. The first-order chi connectivity index (χ1) is 7.61. The lowest BCUT2D eigenvalue weighted by Gasteiger charge is -2.09. The molecule has 0 bridgehead atoms. The Balaban J connectivity index is 2.44. The van der Waals surface area contributed by atoms with Crippen LogP contribution in [0.15, 0.2) is 24.3 Å². The number of hydrogen-bond donors (Lipinski definition) is 2. The van der Waals surface area contributed by atoms with E-state index >= 15 is 0 Å². The maximum absolute atomic E-state index is 10.4. The van der Waals surface area contributed by atoms with Crippen LogP contribution in [0.4, 0.5) is 0 Å². The molecule has 0 amide bonds. The van der Waals surface area contributed by atoms with Gasteiger partial charge in [0, 0.05) is 6.04 Å². The normalized spacial score (nSPS) is 12.1. The van der Waals surface area contributed by atoms with E-state index in [0.29, 0.717) is 6.42 Å². The van der Waals surface area contributed by atoms with Crippen molar-refractivity contribution < 1.29 is 14.6 Å². The second-order valence-corrected chi connectivity index (χ2v) is 3.75. The van der Waals surface area contributed by atoms with Crippen LogP contribution < -0.4 is 10.5 Å². The molecule has 0 saturated heterocycles. The number of benzene rings is 1. The summed E-state index contributed by atoms with van der Waals surface area (Å²) in [6.07, 6.45) is 1.45. The van der Waals surface area contributed by atoms with E-state index < -0.39 is 5.97 Å². The number of methoxy groups -OCH3 is 1. The van der Waals surface area contributed by atoms with Crippen molar-refractivity contribution in [2.24, 2.45) is 5.73 Å². The quantitative estimate of drug-likeness (QED) is 0.765. The Bertz CT molecular complexity index is 352. The fourth-order valence-corrected chi connectivity index (χ4v) is 1.51. The van der Waals surface area contributed by atoms with Crippen LogP contribution in [0.1, 0.15) is 18.4 Å². The Morgan fingerprint density at radius 2 is 2.31 bits per heavy atom. The number of nitrogens with two attached hydrogens (primary N) is 1. The number of ether oxygens (including phenoxy) is 1. The molecule has 4 nitrogen and oxygen atoms in total. The maximum Gasteiger partial charge on any atom is 0.304 e. The van der Waals surface area contributed by atoms with Gasteiger partial charge in [0.15, 0.2) is 0 Å². The van der Waals surface area contributed by atoms with Gasteiger partial charge >= 0.3 is 5.97 Å². The van der Waals surface area contributed by atoms with Gasteiger partial charge in [-0.1, -0.05) is 12.1 Å². The lowest BCUT2D eigenvalue weighted by molar-refractivity contribution is -0.137. The monoisotopic (exact) mass is 223 g/mol. The van der Waals surface area contributed by atoms with Crippen molar-refractivity contribution in [1.29, 1.82) is 0 Å². The highest BCUT2D eigenvalue weighted by molar-refractivity contribution is 5.67. The zero-order chi connectivity index (χ0) is 12.0. The number of carbonyl (C=O) groups is 1. The fraction of sp³-hybridized carbons (Fsp3) is 0.417. The van der Waals surface area contributed by atoms with Crippen molar-refractivity contribution in [3.63, 3.8) is 0 Å². The molecule has 1 aromatic carbocycles. The van der Waals surface area contributed by atoms with E-state index in [4.69, 9.17) is 15.6 Å². The number of aliphatic carboxylic acids is 1. The van der Waals surface area contributed by atoms with Crippen LogP contribution in [0, 0.1) is 0 Å². The van der Waals surface area contributed by atoms with Gasteiger partial charge in [-0.05, 0) is 30.5 Å². The number of rotatable bonds is 6. The highest BCUT2D eigenvalue weighted by Crippen LogP contribution is 2.14. The van der Waals surface area contributed by atoms with Gasteiger partial charge < -0.3 is 15.6 Å². The number of carboxylic acid groups (broad SMARTS) is 1. The molecular formula is C12H17NO3. The van der Waals surface area contributed by atoms with Crippen molar-refractivity contribution in [2.45, 2.75) is 25.3 Å². The third-order valence-electron chi connectivity index (χ3n) is 2.37. The third kappa shape index (κ3) is 4.31. The molecule has 0 aliphatic rings. The minimum Gasteiger partial charge on any atom is -0.497 e. The van der Waals surface area contributed by atoms with Gasteiger partial charge in [0.25, 0.3) is 0 Å². The topological polar surface area (TPSA) is 72.5 Å². The Kier molecular flexibility index (Phi) is 4.79. The predicted molar refractivity (Wildman–Crippen MR) is 61.5 cm³/mol. The molecule has 3 N–H and O–H groups in total. The number of carboxylic acids is 1. The second kappa shape index (κ2) is 6.12. The molecular weight excluding hydrogens is 206 g/mol. The number of hydrogen-bond acceptors (Lipinski definition) is 3. The fourth-order valence-electron chi connectivity index (χ4n) is 1.51. The molecule has 0 aliphatic carbocycles. The van der Waals surface area contributed by atoms with Crippen LogP contribution in [0.25, 0.3) is 0 Å². The van der Waals surface area contributed by atoms with Crippen LogP contribution in [-0.2, 0) is 11.2 Å². The lowest BCUT2D eigenvalue weighted by Crippen LogP contribution is -2.24. The summed E-state index contributed by atoms with van der Waals surface area (Å²) in [7, 11) is 1.62. The SMILES string of the molecule is COc1cccc(CC[C@@H](N)CC(=O)O)c1. The van der Waals surface area contributed by atoms with E-state index in [9.17, 15) is 4.79 Å². The molecule has 1 atom stereocenters. The van der Waals surface area contributed by atoms with Gasteiger partial charge in [0.1, 0.15) is 5.75 Å². The molecule has 1 aromatic rings. The Morgan fingerprint density at radius 3 is 2.94 bits per heavy atom. The summed E-state index contributed by atoms with van der Waals surface area (Å²) in [5.41, 5.74) is 6.79. The third-order valence-corrected chi connectivity index (χ3v) is 2.37. The standard InChI is InChI=1S/C12H17NO3/c1-16-11-4-2-3-9(7-11)5-6-10(13)8-12(14)15/h2-4,7,10H,5-6,8,13H2,1H3,(H,14,15)/t10-/m1/s1. The molecule has 0 saturated carbocycles. The van der Waals surface area contributed by atoms with Crippen LogP contribution in [-0.4, -0.2) is 24.2 Å². The van der Waals surface area contributed by atoms with E-state index in [0.717, 1.165) is 17.7 Å². The zero-order valence-corrected chi connectivity index (χ0v) is 9.35. The minimum absolute atomic E-state index is 0.0178. The summed E-state index contributed by atoms with van der Waals surface area (Å²) in [5, 5.41) is 8.56. The van der Waals surface area contributed by atoms with Crippen molar-refractivity contribution in [1.82, 2.24) is 0 Å². The molecule has 16 heavy (non-hydrogen) atoms. The Labute approximate surface area is 95.0 Å². The van der Waals surface area contributed by atoms with Crippen LogP contribution in [0.3, 0.4) is 0 Å². The molecule has 4 heteroatoms. The highest BCUT2D eigenvalue weighted by Gasteiger charge is 2.08. The molecule has 0 radical (unpaired) electrons. The predicted octanol–water partition coefficient (Wildman–Crippen LogP) is 1.43. The summed E-state index contributed by atoms with van der Waals surface area (Å²) in [5.74, 6) is -0.0394. The first kappa shape index (κ1) is 12.5. The maximum atomic E-state index is 10.4. The van der Waals surface area contributed by atoms with Gasteiger partial charge in [-0.25, -0.2) is 0 Å². The smallest absolute Gasteiger partial charge is 0.304 e. The van der Waals surface area contributed by atoms with E-state index in [-0.39, 0.29) is 12.5 Å². The van der Waals surface area contributed by atoms with Crippen molar-refractivity contribution >= 4 is 5.97 Å². The van der Waals surface area contributed by atoms with Gasteiger partial charge in [0.2, 0.25) is 0 Å². The van der Waals surface area contributed by atoms with Crippen LogP contribution in [0.5, 0.6) is 5.75 Å². The van der Waals surface area contributed by atoms with Gasteiger partial charge in [-0.3, -0.25) is 4.79 Å². The molecule has 0 unspecified atom stereocenters. The van der Waals surface area contributed by atoms with Crippen molar-refractivity contribution in [3.8, 4) is 5.75 Å². The molecule has 0 fully saturated rings. The van der Waals surface area contributed by atoms with E-state index in [1.165, 1.54) is 0 Å².